The molecule has 0 amide bonds. The second-order valence-electron chi connectivity index (χ2n) is 12.6. The van der Waals surface area contributed by atoms with Gasteiger partial charge in [-0.15, -0.1) is 11.8 Å². The van der Waals surface area contributed by atoms with Gasteiger partial charge in [-0.05, 0) is 89.1 Å². The van der Waals surface area contributed by atoms with Crippen LogP contribution in [0.2, 0.25) is 0 Å². The highest BCUT2D eigenvalue weighted by Crippen LogP contribution is 2.39. The van der Waals surface area contributed by atoms with Crippen molar-refractivity contribution in [2.45, 2.75) is 77.0 Å². The molecule has 0 spiro atoms. The van der Waals surface area contributed by atoms with Crippen molar-refractivity contribution in [3.8, 4) is 5.75 Å². The van der Waals surface area contributed by atoms with Gasteiger partial charge in [-0.1, -0.05) is 54.6 Å². The van der Waals surface area contributed by atoms with Crippen molar-refractivity contribution in [1.82, 2.24) is 4.90 Å². The van der Waals surface area contributed by atoms with E-state index in [0.29, 0.717) is 12.3 Å². The van der Waals surface area contributed by atoms with Gasteiger partial charge in [-0.25, -0.2) is 4.79 Å². The van der Waals surface area contributed by atoms with Crippen LogP contribution in [0.25, 0.3) is 0 Å². The molecule has 218 valence electrons. The minimum Gasteiger partial charge on any atom is -0.476 e. The zero-order chi connectivity index (χ0) is 29.9. The molecule has 3 aromatic carbocycles. The van der Waals surface area contributed by atoms with Gasteiger partial charge in [0.05, 0.1) is 0 Å². The highest BCUT2D eigenvalue weighted by molar-refractivity contribution is 7.98. The van der Waals surface area contributed by atoms with Crippen LogP contribution in [0.3, 0.4) is 0 Å². The Hall–Kier alpha value is -3.09. The standard InChI is InChI=1S/C35H43NO4S/c1-23-18-27(19-24(2)32(23)39-35(6,7)33(38)40-34(3,4)5)29-21-36(20-25-12-10-9-11-13-25)22-30(29)31(37)26-14-16-28(41-8)17-15-26/h9-19,29-30H,20-22H2,1-8H3. The number of hydrogen-bond donors (Lipinski definition) is 0. The van der Waals surface area contributed by atoms with Crippen LogP contribution in [0.5, 0.6) is 5.75 Å². The first-order chi connectivity index (χ1) is 19.3. The fourth-order valence-electron chi connectivity index (χ4n) is 5.49. The van der Waals surface area contributed by atoms with Crippen LogP contribution < -0.4 is 4.74 Å². The maximum Gasteiger partial charge on any atom is 0.350 e. The summed E-state index contributed by atoms with van der Waals surface area (Å²) >= 11 is 1.67. The first-order valence-corrected chi connectivity index (χ1v) is 15.5. The van der Waals surface area contributed by atoms with E-state index in [2.05, 4.69) is 41.3 Å². The quantitative estimate of drug-likeness (QED) is 0.149. The highest BCUT2D eigenvalue weighted by atomic mass is 32.2. The molecule has 2 unspecified atom stereocenters. The predicted molar refractivity (Wildman–Crippen MR) is 167 cm³/mol. The van der Waals surface area contributed by atoms with Crippen LogP contribution in [0.4, 0.5) is 0 Å². The van der Waals surface area contributed by atoms with E-state index in [-0.39, 0.29) is 17.6 Å². The molecule has 0 bridgehead atoms. The third-order valence-corrected chi connectivity index (χ3v) is 8.26. The summed E-state index contributed by atoms with van der Waals surface area (Å²) in [6, 6.07) is 22.6. The van der Waals surface area contributed by atoms with Crippen molar-refractivity contribution in [2.24, 2.45) is 5.92 Å². The summed E-state index contributed by atoms with van der Waals surface area (Å²) in [5, 5.41) is 0. The predicted octanol–water partition coefficient (Wildman–Crippen LogP) is 7.62. The largest absolute Gasteiger partial charge is 0.476 e. The van der Waals surface area contributed by atoms with E-state index in [0.717, 1.165) is 40.2 Å². The van der Waals surface area contributed by atoms with E-state index in [1.807, 2.05) is 71.2 Å². The van der Waals surface area contributed by atoms with Gasteiger partial charge in [0.25, 0.3) is 0 Å². The third kappa shape index (κ3) is 7.60. The van der Waals surface area contributed by atoms with Gasteiger partial charge in [-0.2, -0.15) is 0 Å². The maximum atomic E-state index is 13.9. The second-order valence-corrected chi connectivity index (χ2v) is 13.5. The molecule has 0 saturated carbocycles. The summed E-state index contributed by atoms with van der Waals surface area (Å²) in [6.07, 6.45) is 2.04. The van der Waals surface area contributed by atoms with Crippen LogP contribution in [0, 0.1) is 19.8 Å². The average molecular weight is 574 g/mol. The van der Waals surface area contributed by atoms with Gasteiger partial charge in [0.1, 0.15) is 11.4 Å². The molecule has 0 aromatic heterocycles. The summed E-state index contributed by atoms with van der Waals surface area (Å²) in [4.78, 5) is 30.3. The molecule has 6 heteroatoms. The number of benzene rings is 3. The number of Topliss-reactive ketones (excluding diaryl/α,β-unsaturated/α-hetero) is 1. The van der Waals surface area contributed by atoms with Gasteiger partial charge in [-0.3, -0.25) is 9.69 Å². The molecule has 2 atom stereocenters. The van der Waals surface area contributed by atoms with Crippen LogP contribution in [0.15, 0.2) is 71.6 Å². The van der Waals surface area contributed by atoms with Crippen LogP contribution >= 0.6 is 11.8 Å². The van der Waals surface area contributed by atoms with Crippen molar-refractivity contribution in [1.29, 1.82) is 0 Å². The first kappa shape index (κ1) is 30.9. The van der Waals surface area contributed by atoms with Crippen molar-refractivity contribution in [2.75, 3.05) is 19.3 Å². The molecule has 1 fully saturated rings. The topological polar surface area (TPSA) is 55.8 Å². The zero-order valence-electron chi connectivity index (χ0n) is 25.6. The number of esters is 1. The molecule has 4 rings (SSSR count). The molecule has 5 nitrogen and oxygen atoms in total. The highest BCUT2D eigenvalue weighted by Gasteiger charge is 2.40. The van der Waals surface area contributed by atoms with E-state index in [1.165, 1.54) is 5.56 Å². The maximum absolute atomic E-state index is 13.9. The van der Waals surface area contributed by atoms with Gasteiger partial charge in [0.15, 0.2) is 11.4 Å². The van der Waals surface area contributed by atoms with E-state index < -0.39 is 17.2 Å². The molecule has 1 saturated heterocycles. The minimum atomic E-state index is -1.15. The average Bonchev–Trinajstić information content (AvgIpc) is 3.33. The summed E-state index contributed by atoms with van der Waals surface area (Å²) < 4.78 is 11.9. The summed E-state index contributed by atoms with van der Waals surface area (Å²) in [6.45, 7) is 15.3. The molecule has 0 N–H and O–H groups in total. The number of ketones is 1. The molecular formula is C35H43NO4S. The minimum absolute atomic E-state index is 0.0387. The van der Waals surface area contributed by atoms with Crippen molar-refractivity contribution >= 4 is 23.5 Å². The van der Waals surface area contributed by atoms with E-state index in [4.69, 9.17) is 9.47 Å². The molecular weight excluding hydrogens is 530 g/mol. The van der Waals surface area contributed by atoms with Gasteiger partial charge in [0, 0.05) is 41.9 Å². The fraction of sp³-hybridized carbons (Fsp3) is 0.429. The number of likely N-dealkylation sites (tertiary alicyclic amines) is 1. The molecule has 0 radical (unpaired) electrons. The van der Waals surface area contributed by atoms with Crippen molar-refractivity contribution in [3.63, 3.8) is 0 Å². The fourth-order valence-corrected chi connectivity index (χ4v) is 5.89. The van der Waals surface area contributed by atoms with E-state index >= 15 is 0 Å². The Morgan fingerprint density at radius 1 is 0.902 bits per heavy atom. The van der Waals surface area contributed by atoms with Crippen LogP contribution in [-0.2, 0) is 16.1 Å². The molecule has 1 aliphatic rings. The number of nitrogens with zero attached hydrogens (tertiary/aromatic N) is 1. The second kappa shape index (κ2) is 12.4. The van der Waals surface area contributed by atoms with E-state index in [9.17, 15) is 9.59 Å². The molecule has 41 heavy (non-hydrogen) atoms. The van der Waals surface area contributed by atoms with E-state index in [1.54, 1.807) is 25.6 Å². The smallest absolute Gasteiger partial charge is 0.350 e. The molecule has 3 aromatic rings. The van der Waals surface area contributed by atoms with Gasteiger partial charge < -0.3 is 9.47 Å². The number of rotatable bonds is 9. The summed E-state index contributed by atoms with van der Waals surface area (Å²) in [5.41, 5.74) is 3.25. The Morgan fingerprint density at radius 3 is 2.07 bits per heavy atom. The lowest BCUT2D eigenvalue weighted by Crippen LogP contribution is -2.43. The Morgan fingerprint density at radius 2 is 1.51 bits per heavy atom. The number of carbonyl (C=O) groups excluding carboxylic acids is 2. The number of thioether (sulfide) groups is 1. The molecule has 1 aliphatic heterocycles. The third-order valence-electron chi connectivity index (χ3n) is 7.51. The lowest BCUT2D eigenvalue weighted by molar-refractivity contribution is -0.171. The molecule has 0 aliphatic carbocycles. The monoisotopic (exact) mass is 573 g/mol. The Balaban J connectivity index is 1.63. The lowest BCUT2D eigenvalue weighted by Gasteiger charge is -2.30. The lowest BCUT2D eigenvalue weighted by atomic mass is 9.82. The number of ether oxygens (including phenoxy) is 2. The summed E-state index contributed by atoms with van der Waals surface area (Å²) in [5.74, 6) is 0.330. The normalized spacial score (nSPS) is 17.9. The number of carbonyl (C=O) groups is 2. The number of aryl methyl sites for hydroxylation is 2. The Kier molecular flexibility index (Phi) is 9.35. The molecule has 1 heterocycles. The van der Waals surface area contributed by atoms with Crippen LogP contribution in [0.1, 0.15) is 73.1 Å². The van der Waals surface area contributed by atoms with Crippen molar-refractivity contribution < 1.29 is 19.1 Å². The van der Waals surface area contributed by atoms with Crippen molar-refractivity contribution in [3.05, 3.63) is 94.5 Å². The SMILES string of the molecule is CSc1ccc(C(=O)C2CN(Cc3ccccc3)CC2c2cc(C)c(OC(C)(C)C(=O)OC(C)(C)C)c(C)c2)cc1. The Labute approximate surface area is 249 Å². The van der Waals surface area contributed by atoms with Crippen LogP contribution in [-0.4, -0.2) is 47.2 Å². The Bertz CT molecular complexity index is 1350. The zero-order valence-corrected chi connectivity index (χ0v) is 26.4. The first-order valence-electron chi connectivity index (χ1n) is 14.3. The summed E-state index contributed by atoms with van der Waals surface area (Å²) in [7, 11) is 0. The van der Waals surface area contributed by atoms with Gasteiger partial charge >= 0.3 is 5.97 Å². The van der Waals surface area contributed by atoms with Gasteiger partial charge in [0.2, 0.25) is 0 Å². The number of hydrogen-bond acceptors (Lipinski definition) is 6.